The fourth-order valence-electron chi connectivity index (χ4n) is 11.8. The van der Waals surface area contributed by atoms with Gasteiger partial charge in [0.1, 0.15) is 5.60 Å². The summed E-state index contributed by atoms with van der Waals surface area (Å²) in [6.45, 7) is 32.2. The van der Waals surface area contributed by atoms with Crippen molar-refractivity contribution in [2.75, 3.05) is 52.4 Å². The number of hydrogen-bond donors (Lipinski definition) is 0. The molecule has 0 spiro atoms. The number of benzene rings is 6. The molecule has 0 saturated heterocycles. The van der Waals surface area contributed by atoms with Crippen LogP contribution in [0.25, 0.3) is 32.3 Å². The van der Waals surface area contributed by atoms with Gasteiger partial charge in [0.15, 0.2) is 0 Å². The van der Waals surface area contributed by atoms with Crippen molar-refractivity contribution >= 4 is 39.6 Å². The van der Waals surface area contributed by atoms with Crippen molar-refractivity contribution in [3.05, 3.63) is 144 Å². The summed E-state index contributed by atoms with van der Waals surface area (Å²) in [5, 5.41) is 32.0. The molecule has 0 N–H and O–H groups in total. The van der Waals surface area contributed by atoms with E-state index in [0.29, 0.717) is 0 Å². The highest BCUT2D eigenvalue weighted by Crippen LogP contribution is 2.53. The summed E-state index contributed by atoms with van der Waals surface area (Å²) in [6, 6.07) is 43.2. The molecule has 406 valence electrons. The highest BCUT2D eigenvalue weighted by Gasteiger charge is 2.45. The van der Waals surface area contributed by atoms with Crippen LogP contribution in [-0.4, -0.2) is 68.6 Å². The zero-order valence-electron chi connectivity index (χ0n) is 48.5. The first-order valence-corrected chi connectivity index (χ1v) is 30.3. The van der Waals surface area contributed by atoms with Crippen LogP contribution in [0.2, 0.25) is 0 Å². The van der Waals surface area contributed by atoms with Crippen LogP contribution in [0, 0.1) is 0 Å². The van der Waals surface area contributed by atoms with E-state index in [-0.39, 0.29) is 5.92 Å². The number of quaternary nitrogens is 2. The lowest BCUT2D eigenvalue weighted by Crippen LogP contribution is -2.55. The van der Waals surface area contributed by atoms with Crippen molar-refractivity contribution in [1.29, 1.82) is 0 Å². The molecule has 0 aromatic heterocycles. The molecule has 5 nitrogen and oxygen atoms in total. The molecule has 1 unspecified atom stereocenters. The van der Waals surface area contributed by atoms with Crippen LogP contribution < -0.4 is 10.0 Å². The maximum absolute atomic E-state index is 12.9. The van der Waals surface area contributed by atoms with E-state index < -0.39 is 12.9 Å². The topological polar surface area (TPSA) is 55.3 Å². The predicted molar refractivity (Wildman–Crippen MR) is 320 cm³/mol. The normalized spacial score (nSPS) is 12.4. The van der Waals surface area contributed by atoms with Crippen LogP contribution in [0.1, 0.15) is 207 Å². The summed E-state index contributed by atoms with van der Waals surface area (Å²) in [4.78, 5) is 0. The third-order valence-electron chi connectivity index (χ3n) is 16.1. The van der Waals surface area contributed by atoms with Crippen LogP contribution >= 0.6 is 0 Å². The molecule has 0 aliphatic rings. The van der Waals surface area contributed by atoms with Crippen molar-refractivity contribution < 1.29 is 23.7 Å². The van der Waals surface area contributed by atoms with Gasteiger partial charge in [-0.15, -0.1) is 0 Å². The fraction of sp³-hybridized carbons (Fsp3) is 0.559. The number of nitrogens with zero attached hydrogens (tertiary/aromatic N) is 2. The van der Waals surface area contributed by atoms with Gasteiger partial charge in [-0.3, -0.25) is 0 Å². The molecule has 0 amide bonds. The number of rotatable bonds is 33. The van der Waals surface area contributed by atoms with E-state index >= 15 is 0 Å². The smallest absolute Gasteiger partial charge is 0.108 e. The van der Waals surface area contributed by atoms with Crippen molar-refractivity contribution in [1.82, 2.24) is 0 Å². The van der Waals surface area contributed by atoms with E-state index in [1.165, 1.54) is 164 Å². The van der Waals surface area contributed by atoms with Crippen LogP contribution in [0.3, 0.4) is 0 Å². The van der Waals surface area contributed by atoms with Crippen molar-refractivity contribution in [2.24, 2.45) is 0 Å². The summed E-state index contributed by atoms with van der Waals surface area (Å²) in [6.07, 6.45) is 24.7. The molecule has 0 fully saturated rings. The average molecular weight is 1010 g/mol. The standard InChI is InChI=1S/C36H31BO3.2C16H36N/c1-2-3-23-35(32-22-10-16-26-13-4-7-19-29(26)32)36(40-37(38)39,33-24-11-17-27-14-5-8-20-30(27)33)34-25-12-18-28-15-6-9-21-31(28)34;2*1-5-9-13-17(14-10-6-2,15-11-7-3)16-12-8-4/h4-22,24-25,35H,2-3,23H2,1H3;2*5-16H2,1-4H3/q-2;2*+1. The molecule has 6 aromatic rings. The Kier molecular flexibility index (Phi) is 29.2. The van der Waals surface area contributed by atoms with E-state index in [0.717, 1.165) is 68.3 Å². The molecule has 0 radical (unpaired) electrons. The molecule has 74 heavy (non-hydrogen) atoms. The van der Waals surface area contributed by atoms with Crippen LogP contribution in [0.15, 0.2) is 127 Å². The average Bonchev–Trinajstić information content (AvgIpc) is 3.44. The van der Waals surface area contributed by atoms with Gasteiger partial charge in [-0.1, -0.05) is 254 Å². The highest BCUT2D eigenvalue weighted by atomic mass is 16.6. The zero-order valence-corrected chi connectivity index (χ0v) is 48.5. The Morgan fingerprint density at radius 3 is 0.973 bits per heavy atom. The van der Waals surface area contributed by atoms with E-state index in [2.05, 4.69) is 129 Å². The second-order valence-corrected chi connectivity index (χ2v) is 21.8. The first-order valence-electron chi connectivity index (χ1n) is 30.3. The lowest BCUT2D eigenvalue weighted by molar-refractivity contribution is -0.929. The maximum atomic E-state index is 12.9. The summed E-state index contributed by atoms with van der Waals surface area (Å²) in [5.74, 6) is -0.305. The summed E-state index contributed by atoms with van der Waals surface area (Å²) in [7, 11) is -2.49. The first kappa shape index (κ1) is 62.5. The van der Waals surface area contributed by atoms with Crippen LogP contribution in [0.5, 0.6) is 0 Å². The molecule has 0 bridgehead atoms. The maximum Gasteiger partial charge on any atom is 0.108 e. The molecule has 0 heterocycles. The Morgan fingerprint density at radius 1 is 0.365 bits per heavy atom. The summed E-state index contributed by atoms with van der Waals surface area (Å²) >= 11 is 0. The minimum absolute atomic E-state index is 0.305. The molecule has 0 aliphatic heterocycles. The van der Waals surface area contributed by atoms with Gasteiger partial charge < -0.3 is 23.7 Å². The van der Waals surface area contributed by atoms with E-state index in [9.17, 15) is 10.0 Å². The van der Waals surface area contributed by atoms with Gasteiger partial charge in [0, 0.05) is 5.92 Å². The lowest BCUT2D eigenvalue weighted by atomic mass is 9.67. The minimum atomic E-state index is -2.49. The molecular formula is C68H103BN2O3. The van der Waals surface area contributed by atoms with Gasteiger partial charge in [0.05, 0.1) is 59.7 Å². The Labute approximate surface area is 453 Å². The molecule has 0 aliphatic carbocycles. The van der Waals surface area contributed by atoms with Crippen LogP contribution in [0.4, 0.5) is 0 Å². The lowest BCUT2D eigenvalue weighted by Gasteiger charge is -2.49. The fourth-order valence-corrected chi connectivity index (χ4v) is 11.8. The van der Waals surface area contributed by atoms with E-state index in [4.69, 9.17) is 4.65 Å². The second kappa shape index (κ2) is 34.6. The van der Waals surface area contributed by atoms with Gasteiger partial charge in [-0.2, -0.15) is 0 Å². The van der Waals surface area contributed by atoms with Crippen molar-refractivity contribution in [3.63, 3.8) is 0 Å². The van der Waals surface area contributed by atoms with E-state index in [1.54, 1.807) is 0 Å². The van der Waals surface area contributed by atoms with Crippen LogP contribution in [-0.2, 0) is 10.3 Å². The van der Waals surface area contributed by atoms with Gasteiger partial charge in [-0.25, -0.2) is 0 Å². The summed E-state index contributed by atoms with van der Waals surface area (Å²) in [5.41, 5.74) is 1.42. The van der Waals surface area contributed by atoms with Crippen molar-refractivity contribution in [3.8, 4) is 0 Å². The monoisotopic (exact) mass is 1010 g/mol. The molecule has 6 heteroatoms. The molecule has 1 atom stereocenters. The van der Waals surface area contributed by atoms with E-state index in [1.807, 2.05) is 60.7 Å². The van der Waals surface area contributed by atoms with Gasteiger partial charge in [0.2, 0.25) is 0 Å². The van der Waals surface area contributed by atoms with Gasteiger partial charge in [0.25, 0.3) is 0 Å². The molecular weight excluding hydrogens is 904 g/mol. The Hall–Kier alpha value is -4.04. The Bertz CT molecular complexity index is 2210. The Balaban J connectivity index is 0.000000290. The Morgan fingerprint density at radius 2 is 0.649 bits per heavy atom. The zero-order chi connectivity index (χ0) is 53.5. The number of hydrogen-bond acceptors (Lipinski definition) is 3. The number of unbranched alkanes of at least 4 members (excludes halogenated alkanes) is 9. The second-order valence-electron chi connectivity index (χ2n) is 21.8. The minimum Gasteiger partial charge on any atom is -0.871 e. The van der Waals surface area contributed by atoms with Crippen molar-refractivity contribution in [2.45, 2.75) is 196 Å². The summed E-state index contributed by atoms with van der Waals surface area (Å²) < 4.78 is 9.22. The number of fused-ring (bicyclic) bond motifs is 3. The molecule has 6 aromatic carbocycles. The largest absolute Gasteiger partial charge is 0.871 e. The third kappa shape index (κ3) is 18.0. The first-order chi connectivity index (χ1) is 36.1. The van der Waals surface area contributed by atoms with Gasteiger partial charge in [-0.05, 0) is 107 Å². The molecule has 6 rings (SSSR count). The third-order valence-corrected chi connectivity index (χ3v) is 16.1. The predicted octanol–water partition coefficient (Wildman–Crippen LogP) is 17.1. The van der Waals surface area contributed by atoms with Gasteiger partial charge >= 0.3 is 0 Å². The molecule has 0 saturated carbocycles. The SMILES string of the molecule is CCCCC(c1cccc2ccccc12)C(OB([O-])[O-])(c1cccc2ccccc12)c1cccc2ccccc12.CCCC[N+](CCCC)(CCCC)CCCC.CCCC[N+](CCCC)(CCCC)CCCC. The highest BCUT2D eigenvalue weighted by molar-refractivity contribution is 6.28. The quantitative estimate of drug-likeness (QED) is 0.0305.